The van der Waals surface area contributed by atoms with E-state index in [1.54, 1.807) is 6.92 Å². The second-order valence-corrected chi connectivity index (χ2v) is 5.93. The molecule has 1 saturated heterocycles. The van der Waals surface area contributed by atoms with Crippen LogP contribution in [0, 0.1) is 17.6 Å². The molecule has 0 bridgehead atoms. The molecule has 0 spiro atoms. The lowest BCUT2D eigenvalue weighted by atomic mass is 9.93. The summed E-state index contributed by atoms with van der Waals surface area (Å²) < 4.78 is 31.8. The van der Waals surface area contributed by atoms with Crippen molar-refractivity contribution in [3.63, 3.8) is 0 Å². The predicted molar refractivity (Wildman–Crippen MR) is 81.7 cm³/mol. The van der Waals surface area contributed by atoms with E-state index in [1.165, 1.54) is 0 Å². The topological polar surface area (TPSA) is 49.8 Å². The van der Waals surface area contributed by atoms with Gasteiger partial charge in [-0.15, -0.1) is 0 Å². The van der Waals surface area contributed by atoms with Crippen LogP contribution in [0.5, 0.6) is 0 Å². The molecule has 23 heavy (non-hydrogen) atoms. The van der Waals surface area contributed by atoms with Gasteiger partial charge in [-0.1, -0.05) is 0 Å². The highest BCUT2D eigenvalue weighted by molar-refractivity contribution is 5.69. The van der Waals surface area contributed by atoms with Gasteiger partial charge in [0.2, 0.25) is 0 Å². The third kappa shape index (κ3) is 5.25. The van der Waals surface area contributed by atoms with E-state index in [0.717, 1.165) is 44.1 Å². The van der Waals surface area contributed by atoms with Crippen molar-refractivity contribution in [1.29, 1.82) is 0 Å². The molecule has 2 rings (SSSR count). The maximum absolute atomic E-state index is 13.7. The first kappa shape index (κ1) is 17.8. The van der Waals surface area contributed by atoms with Crippen molar-refractivity contribution < 1.29 is 23.4 Å². The van der Waals surface area contributed by atoms with Gasteiger partial charge in [0.25, 0.3) is 0 Å². The summed E-state index contributed by atoms with van der Waals surface area (Å²) in [5.41, 5.74) is -0.0151. The number of aliphatic hydroxyl groups is 1. The van der Waals surface area contributed by atoms with Gasteiger partial charge in [0.15, 0.2) is 0 Å². The summed E-state index contributed by atoms with van der Waals surface area (Å²) in [4.78, 5) is 13.5. The Bertz CT molecular complexity index is 531. The molecule has 6 heteroatoms. The van der Waals surface area contributed by atoms with Crippen LogP contribution in [0.2, 0.25) is 0 Å². The maximum atomic E-state index is 13.7. The Morgan fingerprint density at radius 1 is 1.39 bits per heavy atom. The summed E-state index contributed by atoms with van der Waals surface area (Å²) in [6.07, 6.45) is 1.02. The number of nitrogens with zero attached hydrogens (tertiary/aromatic N) is 1. The van der Waals surface area contributed by atoms with Gasteiger partial charge in [0.05, 0.1) is 12.7 Å². The first-order chi connectivity index (χ1) is 11.0. The zero-order valence-corrected chi connectivity index (χ0v) is 13.3. The molecule has 1 heterocycles. The number of likely N-dealkylation sites (tertiary alicyclic amines) is 1. The normalized spacial score (nSPS) is 17.9. The van der Waals surface area contributed by atoms with E-state index >= 15 is 0 Å². The molecule has 0 aliphatic carbocycles. The average molecular weight is 327 g/mol. The van der Waals surface area contributed by atoms with E-state index < -0.39 is 17.7 Å². The molecular formula is C17H23F2NO3. The van der Waals surface area contributed by atoms with Crippen LogP contribution in [0.1, 0.15) is 37.9 Å². The lowest BCUT2D eigenvalue weighted by molar-refractivity contribution is -0.144. The Morgan fingerprint density at radius 3 is 2.74 bits per heavy atom. The summed E-state index contributed by atoms with van der Waals surface area (Å²) in [6, 6.07) is 3.10. The first-order valence-electron chi connectivity index (χ1n) is 8.00. The van der Waals surface area contributed by atoms with E-state index in [2.05, 4.69) is 0 Å². The Kier molecular flexibility index (Phi) is 6.47. The Labute approximate surface area is 135 Å². The summed E-state index contributed by atoms with van der Waals surface area (Å²) in [5, 5.41) is 10.1. The van der Waals surface area contributed by atoms with Crippen molar-refractivity contribution in [1.82, 2.24) is 4.90 Å². The Morgan fingerprint density at radius 2 is 2.09 bits per heavy atom. The highest BCUT2D eigenvalue weighted by Crippen LogP contribution is 2.24. The maximum Gasteiger partial charge on any atom is 0.306 e. The molecule has 1 aromatic carbocycles. The molecule has 0 aromatic heterocycles. The number of aliphatic hydroxyl groups excluding tert-OH is 1. The van der Waals surface area contributed by atoms with Gasteiger partial charge in [-0.05, 0) is 57.0 Å². The lowest BCUT2D eigenvalue weighted by Crippen LogP contribution is -2.37. The van der Waals surface area contributed by atoms with Crippen molar-refractivity contribution >= 4 is 5.97 Å². The van der Waals surface area contributed by atoms with Gasteiger partial charge in [-0.3, -0.25) is 4.79 Å². The fourth-order valence-electron chi connectivity index (χ4n) is 2.94. The van der Waals surface area contributed by atoms with Gasteiger partial charge in [-0.2, -0.15) is 0 Å². The van der Waals surface area contributed by atoms with E-state index in [9.17, 15) is 18.7 Å². The number of carbonyl (C=O) groups is 1. The molecule has 4 nitrogen and oxygen atoms in total. The molecule has 1 aliphatic rings. The van der Waals surface area contributed by atoms with Crippen molar-refractivity contribution in [2.75, 3.05) is 26.2 Å². The molecule has 1 atom stereocenters. The van der Waals surface area contributed by atoms with Crippen LogP contribution in [0.4, 0.5) is 8.78 Å². The quantitative estimate of drug-likeness (QED) is 0.816. The van der Waals surface area contributed by atoms with Gasteiger partial charge in [0, 0.05) is 18.5 Å². The first-order valence-corrected chi connectivity index (χ1v) is 8.00. The zero-order valence-electron chi connectivity index (χ0n) is 13.3. The number of carbonyl (C=O) groups excluding carboxylic acids is 1. The molecule has 1 aliphatic heterocycles. The minimum atomic E-state index is -1.06. The van der Waals surface area contributed by atoms with Crippen molar-refractivity contribution in [3.8, 4) is 0 Å². The number of halogens is 2. The smallest absolute Gasteiger partial charge is 0.306 e. The molecule has 128 valence electrons. The van der Waals surface area contributed by atoms with Crippen molar-refractivity contribution in [3.05, 3.63) is 35.4 Å². The molecule has 0 radical (unpaired) electrons. The van der Waals surface area contributed by atoms with Gasteiger partial charge in [0.1, 0.15) is 11.6 Å². The molecule has 1 N–H and O–H groups in total. The monoisotopic (exact) mass is 327 g/mol. The van der Waals surface area contributed by atoms with Crippen LogP contribution in [0.15, 0.2) is 18.2 Å². The second-order valence-electron chi connectivity index (χ2n) is 5.93. The van der Waals surface area contributed by atoms with E-state index in [4.69, 9.17) is 4.74 Å². The van der Waals surface area contributed by atoms with Crippen LogP contribution >= 0.6 is 0 Å². The van der Waals surface area contributed by atoms with Gasteiger partial charge >= 0.3 is 5.97 Å². The molecule has 0 amide bonds. The highest BCUT2D eigenvalue weighted by Gasteiger charge is 2.24. The van der Waals surface area contributed by atoms with Crippen molar-refractivity contribution in [2.24, 2.45) is 5.92 Å². The summed E-state index contributed by atoms with van der Waals surface area (Å²) in [7, 11) is 0. The number of ether oxygens (including phenoxy) is 1. The minimum Gasteiger partial charge on any atom is -0.466 e. The number of esters is 1. The molecule has 0 saturated carbocycles. The van der Waals surface area contributed by atoms with Crippen LogP contribution in [-0.4, -0.2) is 42.2 Å². The van der Waals surface area contributed by atoms with Crippen molar-refractivity contribution in [2.45, 2.75) is 32.3 Å². The van der Waals surface area contributed by atoms with E-state index in [-0.39, 0.29) is 24.0 Å². The molecule has 1 aromatic rings. The largest absolute Gasteiger partial charge is 0.466 e. The number of piperidine rings is 1. The number of rotatable bonds is 6. The fraction of sp³-hybridized carbons (Fsp3) is 0.588. The number of β-amino-alcohol motifs (C(OH)–C–C–N with tert-alkyl or cyclic N) is 1. The number of benzene rings is 1. The number of hydrogen-bond acceptors (Lipinski definition) is 4. The predicted octanol–water partition coefficient (Wildman–Crippen LogP) is 2.66. The Hall–Kier alpha value is -1.53. The van der Waals surface area contributed by atoms with E-state index in [0.29, 0.717) is 13.0 Å². The molecular weight excluding hydrogens is 304 g/mol. The average Bonchev–Trinajstić information content (AvgIpc) is 2.52. The summed E-state index contributed by atoms with van der Waals surface area (Å²) in [6.45, 7) is 3.87. The summed E-state index contributed by atoms with van der Waals surface area (Å²) >= 11 is 0. The van der Waals surface area contributed by atoms with E-state index in [1.807, 2.05) is 4.90 Å². The number of hydrogen-bond donors (Lipinski definition) is 1. The van der Waals surface area contributed by atoms with Crippen LogP contribution in [0.25, 0.3) is 0 Å². The third-order valence-corrected chi connectivity index (χ3v) is 4.22. The molecule has 1 fully saturated rings. The van der Waals surface area contributed by atoms with Crippen LogP contribution in [-0.2, 0) is 9.53 Å². The highest BCUT2D eigenvalue weighted by atomic mass is 19.1. The fourth-order valence-corrected chi connectivity index (χ4v) is 2.94. The van der Waals surface area contributed by atoms with Gasteiger partial charge in [-0.25, -0.2) is 8.78 Å². The van der Waals surface area contributed by atoms with Gasteiger partial charge < -0.3 is 14.7 Å². The molecule has 1 unspecified atom stereocenters. The SMILES string of the molecule is CCOC(=O)CC1CCN(CC(O)c2cc(F)ccc2F)CC1. The Balaban J connectivity index is 1.82. The zero-order chi connectivity index (χ0) is 16.8. The summed E-state index contributed by atoms with van der Waals surface area (Å²) in [5.74, 6) is -1.05. The standard InChI is InChI=1S/C17H23F2NO3/c1-2-23-17(22)9-12-5-7-20(8-6-12)11-16(21)14-10-13(18)3-4-15(14)19/h3-4,10,12,16,21H,2,5-9,11H2,1H3. The second kappa shape index (κ2) is 8.36. The lowest BCUT2D eigenvalue weighted by Gasteiger charge is -2.32. The van der Waals surface area contributed by atoms with Crippen LogP contribution in [0.3, 0.4) is 0 Å². The minimum absolute atomic E-state index is 0.0151. The third-order valence-electron chi connectivity index (χ3n) is 4.22. The van der Waals surface area contributed by atoms with Crippen LogP contribution < -0.4 is 0 Å².